The summed E-state index contributed by atoms with van der Waals surface area (Å²) < 4.78 is 0. The summed E-state index contributed by atoms with van der Waals surface area (Å²) >= 11 is 0. The van der Waals surface area contributed by atoms with E-state index in [4.69, 9.17) is 5.73 Å². The predicted molar refractivity (Wildman–Crippen MR) is 80.6 cm³/mol. The Kier molecular flexibility index (Phi) is 7.30. The zero-order chi connectivity index (χ0) is 13.7. The van der Waals surface area contributed by atoms with Crippen LogP contribution in [-0.4, -0.2) is 42.4 Å². The van der Waals surface area contributed by atoms with Crippen LogP contribution in [0.5, 0.6) is 0 Å². The summed E-state index contributed by atoms with van der Waals surface area (Å²) in [6.07, 6.45) is 7.17. The number of carbonyl (C=O) groups is 2. The number of nitrogens with one attached hydrogen (secondary N) is 1. The first-order valence-corrected chi connectivity index (χ1v) is 7.47. The SMILES string of the molecule is Cl.NC(CNC(=O)CN1CCCCCCC1=O)C1CC1. The molecule has 20 heavy (non-hydrogen) atoms. The smallest absolute Gasteiger partial charge is 0.239 e. The molecule has 0 aromatic rings. The molecule has 6 heteroatoms. The van der Waals surface area contributed by atoms with Crippen LogP contribution in [0.25, 0.3) is 0 Å². The first kappa shape index (κ1) is 17.2. The van der Waals surface area contributed by atoms with Crippen molar-refractivity contribution < 1.29 is 9.59 Å². The minimum Gasteiger partial charge on any atom is -0.353 e. The Labute approximate surface area is 127 Å². The predicted octanol–water partition coefficient (Wildman–Crippen LogP) is 1.05. The topological polar surface area (TPSA) is 75.4 Å². The summed E-state index contributed by atoms with van der Waals surface area (Å²) in [4.78, 5) is 25.4. The van der Waals surface area contributed by atoms with Crippen molar-refractivity contribution in [2.75, 3.05) is 19.6 Å². The first-order chi connectivity index (χ1) is 9.16. The van der Waals surface area contributed by atoms with Gasteiger partial charge in [0.05, 0.1) is 6.54 Å². The van der Waals surface area contributed by atoms with E-state index in [0.29, 0.717) is 25.4 Å². The fourth-order valence-corrected chi connectivity index (χ4v) is 2.53. The van der Waals surface area contributed by atoms with Gasteiger partial charge in [-0.05, 0) is 31.6 Å². The summed E-state index contributed by atoms with van der Waals surface area (Å²) in [7, 11) is 0. The van der Waals surface area contributed by atoms with Gasteiger partial charge >= 0.3 is 0 Å². The van der Waals surface area contributed by atoms with E-state index in [2.05, 4.69) is 5.32 Å². The highest BCUT2D eigenvalue weighted by molar-refractivity contribution is 5.85. The van der Waals surface area contributed by atoms with Crippen molar-refractivity contribution in [3.05, 3.63) is 0 Å². The normalized spacial score (nSPS) is 21.4. The molecule has 1 aliphatic carbocycles. The molecule has 5 nitrogen and oxygen atoms in total. The molecule has 2 rings (SSSR count). The van der Waals surface area contributed by atoms with E-state index in [0.717, 1.165) is 25.7 Å². The molecular weight excluding hydrogens is 278 g/mol. The zero-order valence-electron chi connectivity index (χ0n) is 12.0. The average Bonchev–Trinajstić information content (AvgIpc) is 3.20. The van der Waals surface area contributed by atoms with Gasteiger partial charge in [0, 0.05) is 25.6 Å². The molecule has 0 aromatic carbocycles. The molecule has 0 spiro atoms. The highest BCUT2D eigenvalue weighted by atomic mass is 35.5. The summed E-state index contributed by atoms with van der Waals surface area (Å²) in [6.45, 7) is 1.43. The second kappa shape index (κ2) is 8.47. The number of hydrogen-bond acceptors (Lipinski definition) is 3. The molecule has 116 valence electrons. The Balaban J connectivity index is 0.00000200. The Bertz CT molecular complexity index is 334. The summed E-state index contributed by atoms with van der Waals surface area (Å²) in [5.74, 6) is 0.620. The molecule has 1 aliphatic heterocycles. The van der Waals surface area contributed by atoms with E-state index in [1.54, 1.807) is 4.90 Å². The van der Waals surface area contributed by atoms with Crippen LogP contribution in [0.15, 0.2) is 0 Å². The van der Waals surface area contributed by atoms with E-state index in [1.807, 2.05) is 0 Å². The maximum absolute atomic E-state index is 11.9. The minimum atomic E-state index is -0.0787. The molecule has 1 unspecified atom stereocenters. The molecule has 1 saturated carbocycles. The van der Waals surface area contributed by atoms with Gasteiger partial charge in [-0.1, -0.05) is 12.8 Å². The Morgan fingerprint density at radius 3 is 2.70 bits per heavy atom. The van der Waals surface area contributed by atoms with Crippen molar-refractivity contribution in [2.45, 2.75) is 51.0 Å². The van der Waals surface area contributed by atoms with Gasteiger partial charge in [-0.2, -0.15) is 0 Å². The van der Waals surface area contributed by atoms with Crippen molar-refractivity contribution in [1.29, 1.82) is 0 Å². The molecular formula is C14H26ClN3O2. The fourth-order valence-electron chi connectivity index (χ4n) is 2.53. The van der Waals surface area contributed by atoms with Crippen LogP contribution in [0.1, 0.15) is 44.9 Å². The number of nitrogens with two attached hydrogens (primary N) is 1. The van der Waals surface area contributed by atoms with Crippen LogP contribution in [0.4, 0.5) is 0 Å². The van der Waals surface area contributed by atoms with Crippen molar-refractivity contribution in [3.63, 3.8) is 0 Å². The lowest BCUT2D eigenvalue weighted by Gasteiger charge is -2.24. The van der Waals surface area contributed by atoms with Crippen LogP contribution >= 0.6 is 12.4 Å². The molecule has 3 N–H and O–H groups in total. The fraction of sp³-hybridized carbons (Fsp3) is 0.857. The van der Waals surface area contributed by atoms with Crippen molar-refractivity contribution in [3.8, 4) is 0 Å². The molecule has 1 saturated heterocycles. The standard InChI is InChI=1S/C14H25N3O2.ClH/c15-12(11-6-7-11)9-16-13(18)10-17-8-4-2-1-3-5-14(17)19;/h11-12H,1-10,15H2,(H,16,18);1H. The second-order valence-electron chi connectivity index (χ2n) is 5.78. The Morgan fingerprint density at radius 1 is 1.30 bits per heavy atom. The number of rotatable bonds is 5. The summed E-state index contributed by atoms with van der Waals surface area (Å²) in [5, 5.41) is 2.85. The molecule has 1 atom stereocenters. The molecule has 2 amide bonds. The summed E-state index contributed by atoms with van der Waals surface area (Å²) in [6, 6.07) is 0.0759. The van der Waals surface area contributed by atoms with Gasteiger partial charge in [0.25, 0.3) is 0 Å². The molecule has 0 radical (unpaired) electrons. The van der Waals surface area contributed by atoms with Gasteiger partial charge in [-0.3, -0.25) is 9.59 Å². The average molecular weight is 304 g/mol. The van der Waals surface area contributed by atoms with E-state index in [1.165, 1.54) is 12.8 Å². The van der Waals surface area contributed by atoms with Crippen molar-refractivity contribution in [2.24, 2.45) is 11.7 Å². The minimum absolute atomic E-state index is 0. The van der Waals surface area contributed by atoms with E-state index in [9.17, 15) is 9.59 Å². The maximum Gasteiger partial charge on any atom is 0.239 e. The van der Waals surface area contributed by atoms with Crippen LogP contribution in [-0.2, 0) is 9.59 Å². The lowest BCUT2D eigenvalue weighted by Crippen LogP contribution is -2.45. The number of likely N-dealkylation sites (tertiary alicyclic amines) is 1. The number of amides is 2. The van der Waals surface area contributed by atoms with E-state index < -0.39 is 0 Å². The molecule has 2 fully saturated rings. The number of carbonyl (C=O) groups excluding carboxylic acids is 2. The van der Waals surface area contributed by atoms with Gasteiger partial charge in [0.2, 0.25) is 11.8 Å². The Morgan fingerprint density at radius 2 is 2.00 bits per heavy atom. The lowest BCUT2D eigenvalue weighted by atomic mass is 10.1. The third-order valence-corrected chi connectivity index (χ3v) is 4.02. The van der Waals surface area contributed by atoms with Crippen molar-refractivity contribution >= 4 is 24.2 Å². The third kappa shape index (κ3) is 5.67. The van der Waals surface area contributed by atoms with Crippen LogP contribution in [0.2, 0.25) is 0 Å². The van der Waals surface area contributed by atoms with Crippen LogP contribution in [0, 0.1) is 5.92 Å². The van der Waals surface area contributed by atoms with Gasteiger partial charge in [-0.25, -0.2) is 0 Å². The lowest BCUT2D eigenvalue weighted by molar-refractivity contribution is -0.136. The molecule has 0 aromatic heterocycles. The molecule has 2 aliphatic rings. The van der Waals surface area contributed by atoms with Crippen LogP contribution in [0.3, 0.4) is 0 Å². The monoisotopic (exact) mass is 303 g/mol. The zero-order valence-corrected chi connectivity index (χ0v) is 12.8. The van der Waals surface area contributed by atoms with E-state index >= 15 is 0 Å². The highest BCUT2D eigenvalue weighted by Gasteiger charge is 2.28. The van der Waals surface area contributed by atoms with Gasteiger partial charge in [-0.15, -0.1) is 12.4 Å². The third-order valence-electron chi connectivity index (χ3n) is 4.02. The summed E-state index contributed by atoms with van der Waals surface area (Å²) in [5.41, 5.74) is 5.94. The Hall–Kier alpha value is -0.810. The van der Waals surface area contributed by atoms with Crippen molar-refractivity contribution in [1.82, 2.24) is 10.2 Å². The van der Waals surface area contributed by atoms with Gasteiger partial charge in [0.1, 0.15) is 0 Å². The number of halogens is 1. The van der Waals surface area contributed by atoms with Crippen LogP contribution < -0.4 is 11.1 Å². The highest BCUT2D eigenvalue weighted by Crippen LogP contribution is 2.31. The maximum atomic E-state index is 11.9. The molecule has 0 bridgehead atoms. The quantitative estimate of drug-likeness (QED) is 0.797. The number of hydrogen-bond donors (Lipinski definition) is 2. The van der Waals surface area contributed by atoms with Gasteiger partial charge < -0.3 is 16.0 Å². The largest absolute Gasteiger partial charge is 0.353 e. The van der Waals surface area contributed by atoms with E-state index in [-0.39, 0.29) is 36.8 Å². The first-order valence-electron chi connectivity index (χ1n) is 7.47. The molecule has 1 heterocycles. The van der Waals surface area contributed by atoms with Gasteiger partial charge in [0.15, 0.2) is 0 Å². The number of nitrogens with zero attached hydrogens (tertiary/aromatic N) is 1. The second-order valence-corrected chi connectivity index (χ2v) is 5.78.